The van der Waals surface area contributed by atoms with Gasteiger partial charge in [-0.25, -0.2) is 13.1 Å². The van der Waals surface area contributed by atoms with E-state index in [-0.39, 0.29) is 4.90 Å². The van der Waals surface area contributed by atoms with Crippen molar-refractivity contribution in [3.63, 3.8) is 0 Å². The predicted molar refractivity (Wildman–Crippen MR) is 118 cm³/mol. The fraction of sp³-hybridized carbons (Fsp3) is 0.455. The van der Waals surface area contributed by atoms with Crippen LogP contribution >= 0.6 is 11.6 Å². The minimum Gasteiger partial charge on any atom is -0.299 e. The number of nitrogens with zero attached hydrogens (tertiary/aromatic N) is 1. The van der Waals surface area contributed by atoms with Crippen molar-refractivity contribution >= 4 is 21.6 Å². The van der Waals surface area contributed by atoms with E-state index in [9.17, 15) is 8.42 Å². The van der Waals surface area contributed by atoms with Gasteiger partial charge in [0.05, 0.1) is 4.90 Å². The average Bonchev–Trinajstić information content (AvgIpc) is 2.69. The third-order valence-electron chi connectivity index (χ3n) is 5.05. The van der Waals surface area contributed by atoms with Gasteiger partial charge in [0.2, 0.25) is 10.0 Å². The average molecular weight is 423 g/mol. The van der Waals surface area contributed by atoms with Gasteiger partial charge in [-0.15, -0.1) is 0 Å². The van der Waals surface area contributed by atoms with Gasteiger partial charge < -0.3 is 0 Å². The van der Waals surface area contributed by atoms with Crippen LogP contribution in [-0.2, 0) is 23.0 Å². The largest absolute Gasteiger partial charge is 0.299 e. The van der Waals surface area contributed by atoms with Crippen molar-refractivity contribution in [1.29, 1.82) is 0 Å². The van der Waals surface area contributed by atoms with Crippen LogP contribution in [-0.4, -0.2) is 33.5 Å². The van der Waals surface area contributed by atoms with Gasteiger partial charge in [0.25, 0.3) is 0 Å². The molecule has 1 aliphatic rings. The Balaban J connectivity index is 0.000000200. The highest BCUT2D eigenvalue weighted by molar-refractivity contribution is 7.89. The molecule has 1 aliphatic heterocycles. The number of aryl methyl sites for hydroxylation is 2. The van der Waals surface area contributed by atoms with Crippen LogP contribution < -0.4 is 4.72 Å². The van der Waals surface area contributed by atoms with E-state index in [1.54, 1.807) is 31.5 Å². The van der Waals surface area contributed by atoms with E-state index in [0.717, 1.165) is 12.1 Å². The number of halogens is 1. The summed E-state index contributed by atoms with van der Waals surface area (Å²) in [7, 11) is -1.99. The van der Waals surface area contributed by atoms with E-state index in [1.165, 1.54) is 45.0 Å². The molecule has 6 heteroatoms. The van der Waals surface area contributed by atoms with Crippen LogP contribution in [0.25, 0.3) is 0 Å². The Morgan fingerprint density at radius 1 is 1.11 bits per heavy atom. The Kier molecular flexibility index (Phi) is 8.50. The molecule has 28 heavy (non-hydrogen) atoms. The van der Waals surface area contributed by atoms with Crippen LogP contribution in [0, 0.1) is 13.8 Å². The van der Waals surface area contributed by atoms with Crippen LogP contribution in [0.4, 0.5) is 0 Å². The summed E-state index contributed by atoms with van der Waals surface area (Å²) in [6.45, 7) is 9.43. The molecule has 0 spiro atoms. The first-order valence-corrected chi connectivity index (χ1v) is 11.6. The standard InChI is InChI=1S/C13H19N.C9H12ClNO2S/c1-2-3-9-14-10-8-12-6-4-5-7-13(12)11-14;1-6-5-9(14(12,13)11-3)7(2)4-8(6)10/h4-7H,2-3,8-11H2,1H3;4-5,11H,1-3H3. The Labute approximate surface area is 175 Å². The smallest absolute Gasteiger partial charge is 0.240 e. The molecule has 2 aromatic rings. The first-order chi connectivity index (χ1) is 13.3. The molecule has 0 amide bonds. The summed E-state index contributed by atoms with van der Waals surface area (Å²) in [6.07, 6.45) is 3.88. The summed E-state index contributed by atoms with van der Waals surface area (Å²) >= 11 is 5.86. The van der Waals surface area contributed by atoms with E-state index in [4.69, 9.17) is 11.6 Å². The van der Waals surface area contributed by atoms with E-state index in [1.807, 2.05) is 0 Å². The molecule has 1 N–H and O–H groups in total. The van der Waals surface area contributed by atoms with Crippen molar-refractivity contribution in [1.82, 2.24) is 9.62 Å². The van der Waals surface area contributed by atoms with Crippen molar-refractivity contribution in [2.45, 2.75) is 51.5 Å². The van der Waals surface area contributed by atoms with E-state index >= 15 is 0 Å². The highest BCUT2D eigenvalue weighted by Gasteiger charge is 2.16. The van der Waals surface area contributed by atoms with Crippen molar-refractivity contribution in [2.24, 2.45) is 0 Å². The van der Waals surface area contributed by atoms with Crippen LogP contribution in [0.3, 0.4) is 0 Å². The summed E-state index contributed by atoms with van der Waals surface area (Å²) in [5.74, 6) is 0. The lowest BCUT2D eigenvalue weighted by atomic mass is 10.00. The molecule has 0 aliphatic carbocycles. The van der Waals surface area contributed by atoms with Gasteiger partial charge in [-0.05, 0) is 74.7 Å². The first kappa shape index (κ1) is 22.9. The molecular weight excluding hydrogens is 392 g/mol. The van der Waals surface area contributed by atoms with E-state index in [0.29, 0.717) is 10.6 Å². The summed E-state index contributed by atoms with van der Waals surface area (Å²) in [5.41, 5.74) is 4.50. The normalized spacial score (nSPS) is 14.2. The monoisotopic (exact) mass is 422 g/mol. The third kappa shape index (κ3) is 6.05. The van der Waals surface area contributed by atoms with Crippen LogP contribution in [0.2, 0.25) is 5.02 Å². The Hall–Kier alpha value is -1.40. The van der Waals surface area contributed by atoms with Crippen molar-refractivity contribution in [3.8, 4) is 0 Å². The maximum atomic E-state index is 11.5. The minimum absolute atomic E-state index is 0.280. The first-order valence-electron chi connectivity index (χ1n) is 9.78. The molecule has 0 bridgehead atoms. The molecule has 0 atom stereocenters. The molecule has 0 saturated carbocycles. The fourth-order valence-electron chi connectivity index (χ4n) is 3.28. The zero-order valence-electron chi connectivity index (χ0n) is 17.3. The highest BCUT2D eigenvalue weighted by Crippen LogP contribution is 2.23. The molecule has 0 saturated heterocycles. The topological polar surface area (TPSA) is 49.4 Å². The maximum absolute atomic E-state index is 11.5. The lowest BCUT2D eigenvalue weighted by molar-refractivity contribution is 0.250. The number of hydrogen-bond acceptors (Lipinski definition) is 3. The van der Waals surface area contributed by atoms with E-state index < -0.39 is 10.0 Å². The molecule has 0 unspecified atom stereocenters. The zero-order chi connectivity index (χ0) is 20.7. The second kappa shape index (κ2) is 10.4. The number of nitrogens with one attached hydrogen (secondary N) is 1. The van der Waals surface area contributed by atoms with Crippen LogP contribution in [0.5, 0.6) is 0 Å². The zero-order valence-corrected chi connectivity index (χ0v) is 18.8. The number of hydrogen-bond donors (Lipinski definition) is 1. The maximum Gasteiger partial charge on any atom is 0.240 e. The Morgan fingerprint density at radius 3 is 2.43 bits per heavy atom. The third-order valence-corrected chi connectivity index (χ3v) is 7.02. The van der Waals surface area contributed by atoms with Gasteiger partial charge in [0.1, 0.15) is 0 Å². The molecular formula is C22H31ClN2O2S. The number of fused-ring (bicyclic) bond motifs is 1. The number of unbranched alkanes of at least 4 members (excludes halogenated alkanes) is 1. The molecule has 1 heterocycles. The number of benzene rings is 2. The molecule has 2 aromatic carbocycles. The van der Waals surface area contributed by atoms with Crippen LogP contribution in [0.1, 0.15) is 42.0 Å². The predicted octanol–water partition coefficient (Wildman–Crippen LogP) is 4.71. The minimum atomic E-state index is -3.38. The summed E-state index contributed by atoms with van der Waals surface area (Å²) in [4.78, 5) is 2.85. The fourth-order valence-corrected chi connectivity index (χ4v) is 4.53. The van der Waals surface area contributed by atoms with Gasteiger partial charge in [-0.3, -0.25) is 4.90 Å². The quantitative estimate of drug-likeness (QED) is 0.759. The van der Waals surface area contributed by atoms with Gasteiger partial charge in [-0.1, -0.05) is 49.2 Å². The lowest BCUT2D eigenvalue weighted by Gasteiger charge is -2.28. The van der Waals surface area contributed by atoms with Crippen molar-refractivity contribution in [2.75, 3.05) is 20.1 Å². The summed E-state index contributed by atoms with van der Waals surface area (Å²) < 4.78 is 25.3. The van der Waals surface area contributed by atoms with Crippen molar-refractivity contribution in [3.05, 3.63) is 63.7 Å². The number of sulfonamides is 1. The highest BCUT2D eigenvalue weighted by atomic mass is 35.5. The van der Waals surface area contributed by atoms with Gasteiger partial charge >= 0.3 is 0 Å². The van der Waals surface area contributed by atoms with Crippen LogP contribution in [0.15, 0.2) is 41.3 Å². The Bertz CT molecular complexity index is 897. The molecule has 0 fully saturated rings. The van der Waals surface area contributed by atoms with Gasteiger partial charge in [0.15, 0.2) is 0 Å². The van der Waals surface area contributed by atoms with Gasteiger partial charge in [-0.2, -0.15) is 0 Å². The molecule has 0 aromatic heterocycles. The van der Waals surface area contributed by atoms with Gasteiger partial charge in [0, 0.05) is 18.1 Å². The molecule has 3 rings (SSSR count). The lowest BCUT2D eigenvalue weighted by Crippen LogP contribution is -2.31. The van der Waals surface area contributed by atoms with Crippen molar-refractivity contribution < 1.29 is 8.42 Å². The van der Waals surface area contributed by atoms with E-state index in [2.05, 4.69) is 40.8 Å². The molecule has 4 nitrogen and oxygen atoms in total. The molecule has 0 radical (unpaired) electrons. The molecule has 154 valence electrons. The SMILES string of the molecule is CCCCN1CCc2ccccc2C1.CNS(=O)(=O)c1cc(C)c(Cl)cc1C. The number of rotatable bonds is 5. The summed E-state index contributed by atoms with van der Waals surface area (Å²) in [6, 6.07) is 12.1. The second-order valence-electron chi connectivity index (χ2n) is 7.22. The Morgan fingerprint density at radius 2 is 1.79 bits per heavy atom. The second-order valence-corrected chi connectivity index (χ2v) is 9.49. The summed E-state index contributed by atoms with van der Waals surface area (Å²) in [5, 5.41) is 0.581.